The average molecular weight is 432 g/mol. The predicted molar refractivity (Wildman–Crippen MR) is 123 cm³/mol. The lowest BCUT2D eigenvalue weighted by Crippen LogP contribution is -2.20. The van der Waals surface area contributed by atoms with Crippen molar-refractivity contribution in [1.29, 1.82) is 0 Å². The molecule has 1 N–H and O–H groups in total. The zero-order valence-corrected chi connectivity index (χ0v) is 18.0. The second-order valence-electron chi connectivity index (χ2n) is 7.00. The molecule has 0 fully saturated rings. The van der Waals surface area contributed by atoms with Gasteiger partial charge >= 0.3 is 0 Å². The van der Waals surface area contributed by atoms with Crippen LogP contribution in [0.1, 0.15) is 21.5 Å². The number of fused-ring (bicyclic) bond motifs is 1. The lowest BCUT2D eigenvalue weighted by atomic mass is 10.1. The van der Waals surface area contributed by atoms with Crippen molar-refractivity contribution in [3.63, 3.8) is 0 Å². The van der Waals surface area contributed by atoms with E-state index in [0.717, 1.165) is 27.3 Å². The zero-order valence-electron chi connectivity index (χ0n) is 17.2. The Labute approximate surface area is 185 Å². The van der Waals surface area contributed by atoms with Gasteiger partial charge in [-0.05, 0) is 54.5 Å². The van der Waals surface area contributed by atoms with E-state index < -0.39 is 0 Å². The van der Waals surface area contributed by atoms with Crippen LogP contribution in [0.25, 0.3) is 6.08 Å². The molecule has 0 unspecified atom stereocenters. The van der Waals surface area contributed by atoms with Crippen LogP contribution in [-0.2, 0) is 4.79 Å². The topological polar surface area (TPSA) is 64.6 Å². The average Bonchev–Trinajstić information content (AvgIpc) is 3.09. The summed E-state index contributed by atoms with van der Waals surface area (Å²) in [5, 5.41) is 2.84. The minimum absolute atomic E-state index is 0.0211. The molecule has 3 aromatic carbocycles. The molecule has 0 spiro atoms. The summed E-state index contributed by atoms with van der Waals surface area (Å²) in [4.78, 5) is 26.5. The van der Waals surface area contributed by atoms with Crippen LogP contribution in [0.4, 0.5) is 5.69 Å². The Balaban J connectivity index is 1.45. The molecule has 0 bridgehead atoms. The maximum Gasteiger partial charge on any atom is 0.262 e. The summed E-state index contributed by atoms with van der Waals surface area (Å²) in [5.41, 5.74) is 3.28. The number of anilines is 1. The Kier molecular flexibility index (Phi) is 6.09. The first-order valence-electron chi connectivity index (χ1n) is 9.75. The van der Waals surface area contributed by atoms with Gasteiger partial charge in [0, 0.05) is 16.1 Å². The van der Waals surface area contributed by atoms with Gasteiger partial charge in [-0.15, -0.1) is 0 Å². The van der Waals surface area contributed by atoms with Gasteiger partial charge in [-0.3, -0.25) is 9.59 Å². The number of methoxy groups -OCH3 is 1. The first-order chi connectivity index (χ1) is 15.0. The summed E-state index contributed by atoms with van der Waals surface area (Å²) in [6.07, 6.45) is 1.84. The summed E-state index contributed by atoms with van der Waals surface area (Å²) in [6.45, 7) is 1.79. The molecule has 156 valence electrons. The largest absolute Gasteiger partial charge is 0.493 e. The van der Waals surface area contributed by atoms with Gasteiger partial charge in [0.25, 0.3) is 5.91 Å². The smallest absolute Gasteiger partial charge is 0.262 e. The van der Waals surface area contributed by atoms with Crippen molar-refractivity contribution in [2.45, 2.75) is 11.8 Å². The number of nitrogens with one attached hydrogen (secondary N) is 1. The van der Waals surface area contributed by atoms with Gasteiger partial charge in [-0.1, -0.05) is 48.2 Å². The second kappa shape index (κ2) is 9.10. The highest BCUT2D eigenvalue weighted by Crippen LogP contribution is 2.41. The first-order valence-corrected chi connectivity index (χ1v) is 10.6. The van der Waals surface area contributed by atoms with Crippen LogP contribution in [-0.4, -0.2) is 25.4 Å². The van der Waals surface area contributed by atoms with Gasteiger partial charge < -0.3 is 14.8 Å². The summed E-state index contributed by atoms with van der Waals surface area (Å²) >= 11 is 1.46. The molecule has 5 nitrogen and oxygen atoms in total. The third-order valence-corrected chi connectivity index (χ3v) is 5.94. The Morgan fingerprint density at radius 3 is 2.58 bits per heavy atom. The number of para-hydroxylation sites is 1. The number of Topliss-reactive ketones (excluding diaryl/α,β-unsaturated/α-hetero) is 1. The van der Waals surface area contributed by atoms with Crippen LogP contribution in [0.5, 0.6) is 11.5 Å². The maximum absolute atomic E-state index is 12.6. The fourth-order valence-corrected chi connectivity index (χ4v) is 4.27. The van der Waals surface area contributed by atoms with E-state index in [0.29, 0.717) is 16.4 Å². The number of amides is 1. The molecule has 1 aliphatic heterocycles. The van der Waals surface area contributed by atoms with Crippen molar-refractivity contribution in [3.05, 3.63) is 88.3 Å². The fourth-order valence-electron chi connectivity index (χ4n) is 3.22. The number of carbonyl (C=O) groups excluding carboxylic acids is 2. The summed E-state index contributed by atoms with van der Waals surface area (Å²) in [5.74, 6) is 0.713. The molecule has 1 amide bonds. The predicted octanol–water partition coefficient (Wildman–Crippen LogP) is 5.35. The molecular weight excluding hydrogens is 410 g/mol. The van der Waals surface area contributed by atoms with Crippen molar-refractivity contribution in [2.24, 2.45) is 0 Å². The lowest BCUT2D eigenvalue weighted by Gasteiger charge is -2.12. The van der Waals surface area contributed by atoms with E-state index in [1.165, 1.54) is 18.9 Å². The number of ether oxygens (including phenoxy) is 2. The minimum Gasteiger partial charge on any atom is -0.493 e. The van der Waals surface area contributed by atoms with Crippen LogP contribution < -0.4 is 14.8 Å². The molecule has 3 aromatic rings. The van der Waals surface area contributed by atoms with E-state index in [1.807, 2.05) is 67.6 Å². The fraction of sp³-hybridized carbons (Fsp3) is 0.120. The summed E-state index contributed by atoms with van der Waals surface area (Å²) in [7, 11) is 1.54. The molecule has 31 heavy (non-hydrogen) atoms. The Morgan fingerprint density at radius 1 is 1.03 bits per heavy atom. The minimum atomic E-state index is -0.256. The van der Waals surface area contributed by atoms with E-state index in [2.05, 4.69) is 5.32 Å². The number of thioether (sulfide) groups is 1. The Morgan fingerprint density at radius 2 is 1.81 bits per heavy atom. The standard InChI is InChI=1S/C25H21NO4S/c1-16-7-3-5-9-19(16)26-24(27)15-30-20-12-11-17(13-21(20)29-2)14-23-25(28)18-8-4-6-10-22(18)31-23/h3-14H,15H2,1-2H3,(H,26,27)/b23-14+. The van der Waals surface area contributed by atoms with Crippen molar-refractivity contribution in [1.82, 2.24) is 0 Å². The number of benzene rings is 3. The van der Waals surface area contributed by atoms with Crippen molar-refractivity contribution in [3.8, 4) is 11.5 Å². The summed E-state index contributed by atoms with van der Waals surface area (Å²) in [6, 6.07) is 20.5. The monoisotopic (exact) mass is 431 g/mol. The molecule has 0 saturated carbocycles. The van der Waals surface area contributed by atoms with E-state index >= 15 is 0 Å². The first kappa shape index (κ1) is 20.8. The molecule has 0 saturated heterocycles. The molecule has 1 aliphatic rings. The molecule has 1 heterocycles. The molecule has 0 atom stereocenters. The number of aryl methyl sites for hydroxylation is 1. The second-order valence-corrected chi connectivity index (χ2v) is 8.08. The maximum atomic E-state index is 12.6. The van der Waals surface area contributed by atoms with Crippen LogP contribution in [0, 0.1) is 6.92 Å². The van der Waals surface area contributed by atoms with Gasteiger partial charge in [0.15, 0.2) is 18.1 Å². The van der Waals surface area contributed by atoms with Crippen molar-refractivity contribution >= 4 is 35.2 Å². The molecule has 0 aliphatic carbocycles. The highest BCUT2D eigenvalue weighted by atomic mass is 32.2. The van der Waals surface area contributed by atoms with E-state index in [1.54, 1.807) is 12.1 Å². The van der Waals surface area contributed by atoms with Gasteiger partial charge in [0.2, 0.25) is 5.78 Å². The third kappa shape index (κ3) is 4.64. The highest BCUT2D eigenvalue weighted by molar-refractivity contribution is 8.04. The quantitative estimate of drug-likeness (QED) is 0.533. The molecule has 0 radical (unpaired) electrons. The van der Waals surface area contributed by atoms with E-state index in [-0.39, 0.29) is 18.3 Å². The van der Waals surface area contributed by atoms with E-state index in [4.69, 9.17) is 9.47 Å². The highest BCUT2D eigenvalue weighted by Gasteiger charge is 2.25. The molecule has 6 heteroatoms. The van der Waals surface area contributed by atoms with Crippen LogP contribution in [0.3, 0.4) is 0 Å². The molecule has 4 rings (SSSR count). The van der Waals surface area contributed by atoms with Gasteiger partial charge in [-0.25, -0.2) is 0 Å². The van der Waals surface area contributed by atoms with Gasteiger partial charge in [-0.2, -0.15) is 0 Å². The number of ketones is 1. The number of allylic oxidation sites excluding steroid dienone is 1. The van der Waals surface area contributed by atoms with Crippen LogP contribution in [0.15, 0.2) is 76.5 Å². The molecule has 0 aromatic heterocycles. The number of hydrogen-bond donors (Lipinski definition) is 1. The normalized spacial score (nSPS) is 13.7. The number of rotatable bonds is 6. The van der Waals surface area contributed by atoms with E-state index in [9.17, 15) is 9.59 Å². The summed E-state index contributed by atoms with van der Waals surface area (Å²) < 4.78 is 11.1. The van der Waals surface area contributed by atoms with Crippen molar-refractivity contribution < 1.29 is 19.1 Å². The SMILES string of the molecule is COc1cc(/C=C2/Sc3ccccc3C2=O)ccc1OCC(=O)Nc1ccccc1C. The number of hydrogen-bond acceptors (Lipinski definition) is 5. The van der Waals surface area contributed by atoms with Crippen molar-refractivity contribution in [2.75, 3.05) is 19.0 Å². The Bertz CT molecular complexity index is 1190. The van der Waals surface area contributed by atoms with Gasteiger partial charge in [0.1, 0.15) is 0 Å². The van der Waals surface area contributed by atoms with Gasteiger partial charge in [0.05, 0.1) is 12.0 Å². The lowest BCUT2D eigenvalue weighted by molar-refractivity contribution is -0.118. The molecular formula is C25H21NO4S. The van der Waals surface area contributed by atoms with Crippen LogP contribution >= 0.6 is 11.8 Å². The Hall–Kier alpha value is -3.51. The zero-order chi connectivity index (χ0) is 21.8. The van der Waals surface area contributed by atoms with Crippen LogP contribution in [0.2, 0.25) is 0 Å². The third-order valence-electron chi connectivity index (χ3n) is 4.84. The number of carbonyl (C=O) groups is 2.